The number of rotatable bonds is 14. The summed E-state index contributed by atoms with van der Waals surface area (Å²) in [5.41, 5.74) is 5.07. The summed E-state index contributed by atoms with van der Waals surface area (Å²) < 4.78 is 10.7. The number of nitrogens with one attached hydrogen (secondary N) is 2. The van der Waals surface area contributed by atoms with Crippen molar-refractivity contribution in [1.29, 1.82) is 0 Å². The Morgan fingerprint density at radius 2 is 1.66 bits per heavy atom. The Hall–Kier alpha value is -2.68. The van der Waals surface area contributed by atoms with E-state index in [0.29, 0.717) is 17.9 Å². The van der Waals surface area contributed by atoms with Gasteiger partial charge in [0.05, 0.1) is 13.7 Å². The van der Waals surface area contributed by atoms with E-state index in [-0.39, 0.29) is 6.61 Å². The van der Waals surface area contributed by atoms with E-state index in [1.54, 1.807) is 43.5 Å². The van der Waals surface area contributed by atoms with E-state index in [9.17, 15) is 9.59 Å². The second kappa shape index (κ2) is 16.3. The molecule has 0 unspecified atom stereocenters. The highest BCUT2D eigenvalue weighted by molar-refractivity contribution is 5.96. The van der Waals surface area contributed by atoms with Crippen molar-refractivity contribution in [2.45, 2.75) is 25.7 Å². The molecule has 29 heavy (non-hydrogen) atoms. The van der Waals surface area contributed by atoms with Crippen LogP contribution in [-0.2, 0) is 19.3 Å². The Labute approximate surface area is 171 Å². The van der Waals surface area contributed by atoms with Gasteiger partial charge in [0.15, 0.2) is 0 Å². The standard InChI is InChI=1S/C21H30N2O6/c1-26-15-7-3-4-8-16-28-19-13-11-18(12-14-19)21(25)23-22-20(24)10-6-5-9-17-29-27-2/h5-6,9-14H,3-4,7-8,15-17H2,1-2H3,(H,22,24)(H,23,25). The molecule has 2 amide bonds. The molecule has 8 heteroatoms. The monoisotopic (exact) mass is 406 g/mol. The molecule has 0 aliphatic carbocycles. The zero-order valence-corrected chi connectivity index (χ0v) is 17.0. The fourth-order valence-corrected chi connectivity index (χ4v) is 2.21. The third-order valence-corrected chi connectivity index (χ3v) is 3.70. The molecule has 2 N–H and O–H groups in total. The van der Waals surface area contributed by atoms with Crippen molar-refractivity contribution >= 4 is 11.8 Å². The number of ether oxygens (including phenoxy) is 2. The molecule has 0 aliphatic rings. The maximum atomic E-state index is 12.0. The van der Waals surface area contributed by atoms with E-state index >= 15 is 0 Å². The number of hydrogen-bond donors (Lipinski definition) is 2. The molecule has 160 valence electrons. The average molecular weight is 406 g/mol. The number of benzene rings is 1. The van der Waals surface area contributed by atoms with Gasteiger partial charge in [0.1, 0.15) is 12.4 Å². The Morgan fingerprint density at radius 3 is 2.34 bits per heavy atom. The highest BCUT2D eigenvalue weighted by Gasteiger charge is 2.06. The van der Waals surface area contributed by atoms with Gasteiger partial charge in [-0.3, -0.25) is 20.4 Å². The lowest BCUT2D eigenvalue weighted by Gasteiger charge is -2.08. The highest BCUT2D eigenvalue weighted by Crippen LogP contribution is 2.13. The van der Waals surface area contributed by atoms with Crippen molar-refractivity contribution in [2.24, 2.45) is 0 Å². The van der Waals surface area contributed by atoms with Crippen LogP contribution >= 0.6 is 0 Å². The third kappa shape index (κ3) is 12.4. The van der Waals surface area contributed by atoms with Crippen LogP contribution in [0.25, 0.3) is 0 Å². The normalized spacial score (nSPS) is 11.1. The van der Waals surface area contributed by atoms with Crippen LogP contribution < -0.4 is 15.6 Å². The number of amides is 2. The summed E-state index contributed by atoms with van der Waals surface area (Å²) in [6.45, 7) is 1.70. The zero-order chi connectivity index (χ0) is 21.2. The third-order valence-electron chi connectivity index (χ3n) is 3.70. The van der Waals surface area contributed by atoms with E-state index in [0.717, 1.165) is 32.3 Å². The van der Waals surface area contributed by atoms with Crippen LogP contribution in [0.4, 0.5) is 0 Å². The Kier molecular flexibility index (Phi) is 13.7. The molecule has 1 rings (SSSR count). The van der Waals surface area contributed by atoms with E-state index in [2.05, 4.69) is 20.6 Å². The fourth-order valence-electron chi connectivity index (χ4n) is 2.21. The summed E-state index contributed by atoms with van der Waals surface area (Å²) >= 11 is 0. The first kappa shape index (κ1) is 24.4. The van der Waals surface area contributed by atoms with Crippen LogP contribution in [0.15, 0.2) is 48.6 Å². The molecule has 0 saturated carbocycles. The molecule has 0 atom stereocenters. The fraction of sp³-hybridized carbons (Fsp3) is 0.429. The summed E-state index contributed by atoms with van der Waals surface area (Å²) in [4.78, 5) is 32.7. The SMILES string of the molecule is COCCCCCCOc1ccc(C(=O)NNC(=O)C=CC=CCOOC)cc1. The number of unbranched alkanes of at least 4 members (excludes halogenated alkanes) is 3. The predicted molar refractivity (Wildman–Crippen MR) is 109 cm³/mol. The predicted octanol–water partition coefficient (Wildman–Crippen LogP) is 2.72. The number of allylic oxidation sites excluding steroid dienone is 2. The zero-order valence-electron chi connectivity index (χ0n) is 17.0. The molecule has 1 aromatic carbocycles. The maximum Gasteiger partial charge on any atom is 0.269 e. The number of hydrazine groups is 1. The van der Waals surface area contributed by atoms with Crippen LogP contribution in [-0.4, -0.2) is 45.9 Å². The molecule has 0 saturated heterocycles. The van der Waals surface area contributed by atoms with E-state index in [4.69, 9.17) is 9.47 Å². The van der Waals surface area contributed by atoms with Gasteiger partial charge < -0.3 is 9.47 Å². The molecule has 8 nitrogen and oxygen atoms in total. The number of hydrogen-bond acceptors (Lipinski definition) is 6. The molecular formula is C21H30N2O6. The molecule has 0 bridgehead atoms. The van der Waals surface area contributed by atoms with E-state index in [1.165, 1.54) is 19.3 Å². The number of carbonyl (C=O) groups is 2. The first-order valence-electron chi connectivity index (χ1n) is 9.48. The minimum Gasteiger partial charge on any atom is -0.494 e. The molecule has 1 aromatic rings. The maximum absolute atomic E-state index is 12.0. The van der Waals surface area contributed by atoms with Gasteiger partial charge in [-0.25, -0.2) is 9.78 Å². The Bertz CT molecular complexity index is 643. The number of carbonyl (C=O) groups excluding carboxylic acids is 2. The lowest BCUT2D eigenvalue weighted by atomic mass is 10.2. The van der Waals surface area contributed by atoms with Crippen LogP contribution in [0.1, 0.15) is 36.0 Å². The number of methoxy groups -OCH3 is 1. The second-order valence-electron chi connectivity index (χ2n) is 5.96. The van der Waals surface area contributed by atoms with Crippen LogP contribution in [0.2, 0.25) is 0 Å². The first-order chi connectivity index (χ1) is 14.2. The van der Waals surface area contributed by atoms with Crippen molar-refractivity contribution in [1.82, 2.24) is 10.9 Å². The van der Waals surface area contributed by atoms with Gasteiger partial charge in [0, 0.05) is 25.4 Å². The summed E-state index contributed by atoms with van der Waals surface area (Å²) in [5.74, 6) is -0.170. The minimum absolute atomic E-state index is 0.271. The largest absolute Gasteiger partial charge is 0.494 e. The van der Waals surface area contributed by atoms with Crippen LogP contribution in [0, 0.1) is 0 Å². The summed E-state index contributed by atoms with van der Waals surface area (Å²) in [7, 11) is 3.12. The topological polar surface area (TPSA) is 95.1 Å². The summed E-state index contributed by atoms with van der Waals surface area (Å²) in [6.07, 6.45) is 10.3. The van der Waals surface area contributed by atoms with Gasteiger partial charge >= 0.3 is 0 Å². The van der Waals surface area contributed by atoms with Crippen LogP contribution in [0.3, 0.4) is 0 Å². The summed E-state index contributed by atoms with van der Waals surface area (Å²) in [6, 6.07) is 6.75. The van der Waals surface area contributed by atoms with Crippen molar-refractivity contribution in [3.8, 4) is 5.75 Å². The van der Waals surface area contributed by atoms with Gasteiger partial charge in [0.25, 0.3) is 11.8 Å². The van der Waals surface area contributed by atoms with Gasteiger partial charge in [-0.15, -0.1) is 0 Å². The van der Waals surface area contributed by atoms with E-state index in [1.807, 2.05) is 0 Å². The average Bonchev–Trinajstić information content (AvgIpc) is 2.74. The highest BCUT2D eigenvalue weighted by atomic mass is 17.2. The molecule has 0 aromatic heterocycles. The van der Waals surface area contributed by atoms with Crippen molar-refractivity contribution in [3.63, 3.8) is 0 Å². The van der Waals surface area contributed by atoms with Crippen molar-refractivity contribution < 1.29 is 28.8 Å². The summed E-state index contributed by atoms with van der Waals surface area (Å²) in [5, 5.41) is 0. The van der Waals surface area contributed by atoms with Gasteiger partial charge in [-0.2, -0.15) is 0 Å². The van der Waals surface area contributed by atoms with Gasteiger partial charge in [-0.1, -0.05) is 24.6 Å². The lowest BCUT2D eigenvalue weighted by molar-refractivity contribution is -0.263. The smallest absolute Gasteiger partial charge is 0.269 e. The molecule has 0 spiro atoms. The van der Waals surface area contributed by atoms with Crippen molar-refractivity contribution in [2.75, 3.05) is 34.0 Å². The molecule has 0 radical (unpaired) electrons. The van der Waals surface area contributed by atoms with Gasteiger partial charge in [-0.05, 0) is 43.5 Å². The van der Waals surface area contributed by atoms with Gasteiger partial charge in [0.2, 0.25) is 0 Å². The second-order valence-corrected chi connectivity index (χ2v) is 5.96. The molecule has 0 heterocycles. The van der Waals surface area contributed by atoms with E-state index < -0.39 is 11.8 Å². The lowest BCUT2D eigenvalue weighted by Crippen LogP contribution is -2.40. The first-order valence-corrected chi connectivity index (χ1v) is 9.48. The quantitative estimate of drug-likeness (QED) is 0.162. The molecular weight excluding hydrogens is 376 g/mol. The molecule has 0 aliphatic heterocycles. The minimum atomic E-state index is -0.457. The van der Waals surface area contributed by atoms with Crippen molar-refractivity contribution in [3.05, 3.63) is 54.1 Å². The van der Waals surface area contributed by atoms with Crippen LogP contribution in [0.5, 0.6) is 5.75 Å². The Morgan fingerprint density at radius 1 is 0.931 bits per heavy atom. The Balaban J connectivity index is 2.25. The molecule has 0 fully saturated rings.